The van der Waals surface area contributed by atoms with Gasteiger partial charge >= 0.3 is 0 Å². The molecule has 0 atom stereocenters. The third kappa shape index (κ3) is 6.39. The first-order chi connectivity index (χ1) is 31.5. The van der Waals surface area contributed by atoms with Gasteiger partial charge in [0, 0.05) is 56.1 Å². The fraction of sp³-hybridized carbons (Fsp3) is 0.0508. The van der Waals surface area contributed by atoms with Crippen LogP contribution in [-0.2, 0) is 5.41 Å². The van der Waals surface area contributed by atoms with Crippen LogP contribution in [0.15, 0.2) is 216 Å². The molecule has 0 amide bonds. The summed E-state index contributed by atoms with van der Waals surface area (Å²) in [4.78, 5) is 22.1. The van der Waals surface area contributed by atoms with Crippen LogP contribution >= 0.6 is 11.8 Å². The van der Waals surface area contributed by atoms with Crippen molar-refractivity contribution in [2.75, 3.05) is 0 Å². The lowest BCUT2D eigenvalue weighted by Crippen LogP contribution is -2.15. The molecule has 0 N–H and O–H groups in total. The normalized spacial score (nSPS) is 12.9. The Morgan fingerprint density at radius 1 is 0.359 bits per heavy atom. The summed E-state index contributed by atoms with van der Waals surface area (Å²) in [7, 11) is 0. The maximum Gasteiger partial charge on any atom is 0.161 e. The summed E-state index contributed by atoms with van der Waals surface area (Å²) in [5.74, 6) is 0.615. The molecule has 0 spiro atoms. The molecule has 0 bridgehead atoms. The first-order valence-electron chi connectivity index (χ1n) is 21.7. The molecule has 4 nitrogen and oxygen atoms in total. The molecule has 5 heteroatoms. The molecule has 0 saturated carbocycles. The Bertz CT molecular complexity index is 3430. The van der Waals surface area contributed by atoms with E-state index in [1.807, 2.05) is 48.4 Å². The van der Waals surface area contributed by atoms with E-state index in [2.05, 4.69) is 183 Å². The summed E-state index contributed by atoms with van der Waals surface area (Å²) in [5.41, 5.74) is 21.0. The number of benzene rings is 7. The summed E-state index contributed by atoms with van der Waals surface area (Å²) < 4.78 is 0. The number of hydrogen-bond donors (Lipinski definition) is 0. The van der Waals surface area contributed by atoms with E-state index in [9.17, 15) is 0 Å². The molecule has 1 aliphatic carbocycles. The fourth-order valence-electron chi connectivity index (χ4n) is 9.68. The van der Waals surface area contributed by atoms with Gasteiger partial charge in [0.1, 0.15) is 0 Å². The second-order valence-corrected chi connectivity index (χ2v) is 18.1. The number of aromatic nitrogens is 4. The van der Waals surface area contributed by atoms with E-state index in [1.165, 1.54) is 71.0 Å². The highest BCUT2D eigenvalue weighted by molar-refractivity contribution is 7.99. The van der Waals surface area contributed by atoms with Gasteiger partial charge in [-0.1, -0.05) is 159 Å². The summed E-state index contributed by atoms with van der Waals surface area (Å²) >= 11 is 1.86. The molecule has 64 heavy (non-hydrogen) atoms. The molecule has 302 valence electrons. The van der Waals surface area contributed by atoms with E-state index in [-0.39, 0.29) is 5.41 Å². The van der Waals surface area contributed by atoms with E-state index in [0.717, 1.165) is 44.9 Å². The van der Waals surface area contributed by atoms with Gasteiger partial charge in [-0.25, -0.2) is 9.97 Å². The Kier molecular flexibility index (Phi) is 9.06. The lowest BCUT2D eigenvalue weighted by atomic mass is 9.81. The van der Waals surface area contributed by atoms with Crippen molar-refractivity contribution in [1.82, 2.24) is 19.9 Å². The lowest BCUT2D eigenvalue weighted by Gasteiger charge is -2.24. The molecule has 12 rings (SSSR count). The van der Waals surface area contributed by atoms with Crippen LogP contribution in [0, 0.1) is 0 Å². The van der Waals surface area contributed by atoms with Gasteiger partial charge < -0.3 is 0 Å². The van der Waals surface area contributed by atoms with Crippen LogP contribution in [0.5, 0.6) is 0 Å². The Morgan fingerprint density at radius 2 is 0.969 bits per heavy atom. The molecule has 0 fully saturated rings. The summed E-state index contributed by atoms with van der Waals surface area (Å²) in [6.45, 7) is 4.73. The van der Waals surface area contributed by atoms with Gasteiger partial charge in [0.2, 0.25) is 0 Å². The quantitative estimate of drug-likeness (QED) is 0.177. The maximum atomic E-state index is 5.34. The summed E-state index contributed by atoms with van der Waals surface area (Å²) in [6, 6.07) is 67.9. The molecule has 3 aromatic heterocycles. The van der Waals surface area contributed by atoms with Crippen LogP contribution in [0.1, 0.15) is 25.0 Å². The van der Waals surface area contributed by atoms with Gasteiger partial charge in [0.25, 0.3) is 0 Å². The molecule has 7 aromatic carbocycles. The van der Waals surface area contributed by atoms with E-state index in [1.54, 1.807) is 6.20 Å². The molecular formula is C59H40N4S. The highest BCUT2D eigenvalue weighted by atomic mass is 32.2. The SMILES string of the molecule is CC1(C)c2ccccc2-c2cc3c(cc21)Sc1ccccc1-c1ccccc1-c1ccccc1-c1ccc(-c2cc(-c4ccccc4)nc(-c4ccc(-c5cccnc5)nc4)n2)cc1-3. The molecule has 1 aliphatic heterocycles. The topological polar surface area (TPSA) is 51.6 Å². The van der Waals surface area contributed by atoms with Crippen molar-refractivity contribution in [3.8, 4) is 101 Å². The van der Waals surface area contributed by atoms with Crippen LogP contribution in [0.25, 0.3) is 101 Å². The second-order valence-electron chi connectivity index (χ2n) is 17.0. The predicted octanol–water partition coefficient (Wildman–Crippen LogP) is 15.4. The van der Waals surface area contributed by atoms with Gasteiger partial charge in [-0.3, -0.25) is 9.97 Å². The van der Waals surface area contributed by atoms with Gasteiger partial charge in [-0.05, 0) is 121 Å². The van der Waals surface area contributed by atoms with Crippen molar-refractivity contribution in [2.45, 2.75) is 29.1 Å². The number of nitrogens with zero attached hydrogens (tertiary/aromatic N) is 4. The van der Waals surface area contributed by atoms with Crippen LogP contribution < -0.4 is 0 Å². The van der Waals surface area contributed by atoms with E-state index >= 15 is 0 Å². The van der Waals surface area contributed by atoms with Gasteiger partial charge in [-0.15, -0.1) is 0 Å². The molecule has 0 saturated heterocycles. The monoisotopic (exact) mass is 836 g/mol. The number of hydrogen-bond acceptors (Lipinski definition) is 5. The number of rotatable bonds is 4. The largest absolute Gasteiger partial charge is 0.264 e. The number of pyridine rings is 2. The van der Waals surface area contributed by atoms with Crippen molar-refractivity contribution >= 4 is 11.8 Å². The average Bonchev–Trinajstić information content (AvgIpc) is 3.58. The van der Waals surface area contributed by atoms with Crippen LogP contribution in [-0.4, -0.2) is 19.9 Å². The highest BCUT2D eigenvalue weighted by Crippen LogP contribution is 2.55. The standard InChI is InChI=1S/C59H40N4S/c1-59(2)51-24-12-10-22-46(51)49-32-50-48-31-38(55-34-54(37-15-4-3-5-16-37)62-58(63-55)40-27-29-53(61-36-40)39-17-14-30-60-35-39)26-28-45(48)43-20-7-6-18-41(43)42-19-8-9-21-44(42)47-23-11-13-25-56(47)64-57(50)33-52(49)59/h3-36H,1-2H3. The first-order valence-corrected chi connectivity index (χ1v) is 22.5. The fourth-order valence-corrected chi connectivity index (χ4v) is 10.8. The van der Waals surface area contributed by atoms with Crippen molar-refractivity contribution in [1.29, 1.82) is 0 Å². The van der Waals surface area contributed by atoms with Crippen molar-refractivity contribution in [2.24, 2.45) is 0 Å². The minimum atomic E-state index is -0.159. The first kappa shape index (κ1) is 38.0. The Labute approximate surface area is 377 Å². The molecular weight excluding hydrogens is 797 g/mol. The Morgan fingerprint density at radius 3 is 1.67 bits per heavy atom. The van der Waals surface area contributed by atoms with E-state index in [0.29, 0.717) is 5.82 Å². The zero-order valence-corrected chi connectivity index (χ0v) is 36.1. The molecule has 0 radical (unpaired) electrons. The Hall–Kier alpha value is -7.73. The maximum absolute atomic E-state index is 5.34. The highest BCUT2D eigenvalue weighted by Gasteiger charge is 2.37. The molecule has 10 aromatic rings. The van der Waals surface area contributed by atoms with Gasteiger partial charge in [0.05, 0.1) is 17.1 Å². The van der Waals surface area contributed by atoms with Crippen molar-refractivity contribution in [3.63, 3.8) is 0 Å². The smallest absolute Gasteiger partial charge is 0.161 e. The minimum Gasteiger partial charge on any atom is -0.264 e. The van der Waals surface area contributed by atoms with Crippen molar-refractivity contribution < 1.29 is 0 Å². The van der Waals surface area contributed by atoms with Crippen LogP contribution in [0.4, 0.5) is 0 Å². The number of fused-ring (bicyclic) bond motifs is 12. The zero-order chi connectivity index (χ0) is 42.8. The van der Waals surface area contributed by atoms with Gasteiger partial charge in [-0.2, -0.15) is 0 Å². The third-order valence-corrected chi connectivity index (χ3v) is 14.0. The van der Waals surface area contributed by atoms with E-state index < -0.39 is 0 Å². The zero-order valence-electron chi connectivity index (χ0n) is 35.3. The van der Waals surface area contributed by atoms with E-state index in [4.69, 9.17) is 15.0 Å². The predicted molar refractivity (Wildman–Crippen MR) is 263 cm³/mol. The van der Waals surface area contributed by atoms with Gasteiger partial charge in [0.15, 0.2) is 5.82 Å². The Balaban J connectivity index is 1.13. The van der Waals surface area contributed by atoms with Crippen molar-refractivity contribution in [3.05, 3.63) is 218 Å². The van der Waals surface area contributed by atoms with Crippen LogP contribution in [0.3, 0.4) is 0 Å². The molecule has 2 aliphatic rings. The molecule has 4 heterocycles. The van der Waals surface area contributed by atoms with Crippen LogP contribution in [0.2, 0.25) is 0 Å². The summed E-state index contributed by atoms with van der Waals surface area (Å²) in [5, 5.41) is 0. The minimum absolute atomic E-state index is 0.159. The summed E-state index contributed by atoms with van der Waals surface area (Å²) in [6.07, 6.45) is 5.47. The molecule has 0 unspecified atom stereocenters. The average molecular weight is 837 g/mol. The third-order valence-electron chi connectivity index (χ3n) is 12.9. The lowest BCUT2D eigenvalue weighted by molar-refractivity contribution is 0.659. The second kappa shape index (κ2) is 15.3.